The van der Waals surface area contributed by atoms with Crippen molar-refractivity contribution < 1.29 is 22.6 Å². The molecule has 0 saturated carbocycles. The second-order valence-corrected chi connectivity index (χ2v) is 10.8. The van der Waals surface area contributed by atoms with Gasteiger partial charge in [-0.05, 0) is 43.9 Å². The van der Waals surface area contributed by atoms with Crippen molar-refractivity contribution in [3.05, 3.63) is 24.3 Å². The first kappa shape index (κ1) is 15.2. The summed E-state index contributed by atoms with van der Waals surface area (Å²) >= 11 is 0. The van der Waals surface area contributed by atoms with Gasteiger partial charge in [-0.25, -0.2) is 4.57 Å². The number of hydrogen-bond acceptors (Lipinski definition) is 5. The number of phosphoric acid groups is 1. The van der Waals surface area contributed by atoms with Gasteiger partial charge in [-0.1, -0.05) is 0 Å². The highest BCUT2D eigenvalue weighted by molar-refractivity contribution is 7.48. The molecule has 0 amide bonds. The summed E-state index contributed by atoms with van der Waals surface area (Å²) in [5, 5.41) is 0. The molecule has 0 bridgehead atoms. The molecule has 5 nitrogen and oxygen atoms in total. The van der Waals surface area contributed by atoms with Crippen LogP contribution in [0.5, 0.6) is 11.5 Å². The van der Waals surface area contributed by atoms with Gasteiger partial charge in [0.2, 0.25) is 8.32 Å². The molecule has 0 aliphatic heterocycles. The van der Waals surface area contributed by atoms with Gasteiger partial charge in [-0.2, -0.15) is 0 Å². The smallest absolute Gasteiger partial charge is 0.529 e. The van der Waals surface area contributed by atoms with E-state index >= 15 is 0 Å². The maximum Gasteiger partial charge on any atom is 0.529 e. The fourth-order valence-corrected chi connectivity index (χ4v) is 2.72. The molecule has 1 rings (SSSR count). The van der Waals surface area contributed by atoms with E-state index in [-0.39, 0.29) is 0 Å². The highest BCUT2D eigenvalue weighted by atomic mass is 31.2. The fourth-order valence-electron chi connectivity index (χ4n) is 1.20. The molecule has 0 unspecified atom stereocenters. The summed E-state index contributed by atoms with van der Waals surface area (Å²) in [7, 11) is -2.57. The zero-order chi connectivity index (χ0) is 13.8. The van der Waals surface area contributed by atoms with E-state index in [1.807, 2.05) is 0 Å². The molecule has 0 radical (unpaired) electrons. The Kier molecular flexibility index (Phi) is 4.98. The average Bonchev–Trinajstić information content (AvgIpc) is 2.30. The lowest BCUT2D eigenvalue weighted by Crippen LogP contribution is -2.29. The number of hydrogen-bond donors (Lipinski definition) is 0. The molecular weight excluding hydrogens is 271 g/mol. The van der Waals surface area contributed by atoms with E-state index in [1.54, 1.807) is 24.3 Å². The van der Waals surface area contributed by atoms with Gasteiger partial charge >= 0.3 is 7.82 Å². The Morgan fingerprint density at radius 2 is 1.39 bits per heavy atom. The summed E-state index contributed by atoms with van der Waals surface area (Å²) in [5.41, 5.74) is 0. The molecular formula is C11H19O5PSi. The summed E-state index contributed by atoms with van der Waals surface area (Å²) in [6.07, 6.45) is 0. The van der Waals surface area contributed by atoms with Gasteiger partial charge in [0.05, 0.1) is 0 Å². The SMILES string of the molecule is COP(=O)(OC)Oc1ccc(O[Si](C)(C)C)cc1. The lowest BCUT2D eigenvalue weighted by molar-refractivity contribution is 0.211. The van der Waals surface area contributed by atoms with Crippen molar-refractivity contribution in [2.45, 2.75) is 19.6 Å². The second kappa shape index (κ2) is 5.89. The van der Waals surface area contributed by atoms with E-state index in [0.717, 1.165) is 5.75 Å². The molecule has 1 aromatic carbocycles. The van der Waals surface area contributed by atoms with Crippen molar-refractivity contribution in [3.8, 4) is 11.5 Å². The average molecular weight is 290 g/mol. The number of phosphoric ester groups is 1. The third-order valence-corrected chi connectivity index (χ3v) is 4.09. The lowest BCUT2D eigenvalue weighted by atomic mass is 10.3. The summed E-state index contributed by atoms with van der Waals surface area (Å²) in [6.45, 7) is 6.30. The summed E-state index contributed by atoms with van der Waals surface area (Å²) in [6, 6.07) is 6.87. The van der Waals surface area contributed by atoms with Crippen LogP contribution < -0.4 is 8.95 Å². The molecule has 0 heterocycles. The molecule has 102 valence electrons. The molecule has 0 aliphatic rings. The number of rotatable bonds is 6. The van der Waals surface area contributed by atoms with Crippen molar-refractivity contribution in [3.63, 3.8) is 0 Å². The third kappa shape index (κ3) is 4.82. The van der Waals surface area contributed by atoms with E-state index < -0.39 is 16.1 Å². The zero-order valence-corrected chi connectivity index (χ0v) is 13.2. The molecule has 7 heteroatoms. The minimum absolute atomic E-state index is 0.407. The molecule has 18 heavy (non-hydrogen) atoms. The first-order chi connectivity index (χ1) is 8.28. The lowest BCUT2D eigenvalue weighted by Gasteiger charge is -2.19. The van der Waals surface area contributed by atoms with E-state index in [4.69, 9.17) is 8.95 Å². The van der Waals surface area contributed by atoms with Crippen molar-refractivity contribution in [1.29, 1.82) is 0 Å². The molecule has 0 atom stereocenters. The van der Waals surface area contributed by atoms with Gasteiger partial charge in [0, 0.05) is 14.2 Å². The first-order valence-corrected chi connectivity index (χ1v) is 10.3. The van der Waals surface area contributed by atoms with Crippen LogP contribution in [0.25, 0.3) is 0 Å². The van der Waals surface area contributed by atoms with Crippen molar-refractivity contribution in [2.75, 3.05) is 14.2 Å². The molecule has 0 N–H and O–H groups in total. The van der Waals surface area contributed by atoms with Crippen LogP contribution in [-0.2, 0) is 13.6 Å². The Morgan fingerprint density at radius 1 is 0.944 bits per heavy atom. The van der Waals surface area contributed by atoms with Crippen LogP contribution in [0.1, 0.15) is 0 Å². The maximum atomic E-state index is 11.7. The van der Waals surface area contributed by atoms with Crippen LogP contribution in [0.15, 0.2) is 24.3 Å². The van der Waals surface area contributed by atoms with Gasteiger partial charge in [0.1, 0.15) is 11.5 Å². The van der Waals surface area contributed by atoms with E-state index in [1.165, 1.54) is 14.2 Å². The largest absolute Gasteiger partial charge is 0.544 e. The van der Waals surface area contributed by atoms with Crippen LogP contribution in [0.2, 0.25) is 19.6 Å². The third-order valence-electron chi connectivity index (χ3n) is 1.91. The quantitative estimate of drug-likeness (QED) is 0.591. The van der Waals surface area contributed by atoms with Gasteiger partial charge in [-0.15, -0.1) is 0 Å². The molecule has 0 spiro atoms. The topological polar surface area (TPSA) is 54.0 Å². The Bertz CT molecular complexity index is 418. The highest BCUT2D eigenvalue weighted by Crippen LogP contribution is 2.47. The van der Waals surface area contributed by atoms with E-state index in [0.29, 0.717) is 5.75 Å². The Hall–Kier alpha value is -0.813. The summed E-state index contributed by atoms with van der Waals surface area (Å²) in [4.78, 5) is 0. The minimum Gasteiger partial charge on any atom is -0.544 e. The second-order valence-electron chi connectivity index (χ2n) is 4.59. The predicted molar refractivity (Wildman–Crippen MR) is 72.7 cm³/mol. The molecule has 0 fully saturated rings. The molecule has 1 aromatic rings. The monoisotopic (exact) mass is 290 g/mol. The Labute approximate surface area is 109 Å². The molecule has 0 aromatic heterocycles. The van der Waals surface area contributed by atoms with Crippen LogP contribution >= 0.6 is 7.82 Å². The predicted octanol–water partition coefficient (Wildman–Crippen LogP) is 3.68. The van der Waals surface area contributed by atoms with Gasteiger partial charge in [-0.3, -0.25) is 9.05 Å². The first-order valence-electron chi connectivity index (χ1n) is 5.48. The highest BCUT2D eigenvalue weighted by Gasteiger charge is 2.24. The van der Waals surface area contributed by atoms with Crippen molar-refractivity contribution in [2.24, 2.45) is 0 Å². The standard InChI is InChI=1S/C11H19O5PSi/c1-13-17(12,14-2)15-10-6-8-11(9-7-10)16-18(3,4)5/h6-9H,1-5H3. The van der Waals surface area contributed by atoms with Gasteiger partial charge in [0.25, 0.3) is 0 Å². The van der Waals surface area contributed by atoms with Gasteiger partial charge in [0.15, 0.2) is 0 Å². The Morgan fingerprint density at radius 3 is 1.78 bits per heavy atom. The van der Waals surface area contributed by atoms with E-state index in [2.05, 4.69) is 28.7 Å². The summed E-state index contributed by atoms with van der Waals surface area (Å²) < 4.78 is 32.1. The van der Waals surface area contributed by atoms with Gasteiger partial charge < -0.3 is 8.95 Å². The summed E-state index contributed by atoms with van der Waals surface area (Å²) in [5.74, 6) is 1.18. The number of benzene rings is 1. The normalized spacial score (nSPS) is 12.3. The van der Waals surface area contributed by atoms with Crippen molar-refractivity contribution in [1.82, 2.24) is 0 Å². The maximum absolute atomic E-state index is 11.7. The zero-order valence-electron chi connectivity index (χ0n) is 11.3. The van der Waals surface area contributed by atoms with Crippen LogP contribution in [-0.4, -0.2) is 22.5 Å². The van der Waals surface area contributed by atoms with Crippen LogP contribution in [0.3, 0.4) is 0 Å². The molecule has 0 saturated heterocycles. The minimum atomic E-state index is -3.49. The van der Waals surface area contributed by atoms with Crippen LogP contribution in [0.4, 0.5) is 0 Å². The van der Waals surface area contributed by atoms with Crippen molar-refractivity contribution >= 4 is 16.1 Å². The Balaban J connectivity index is 2.75. The van der Waals surface area contributed by atoms with E-state index in [9.17, 15) is 4.57 Å². The molecule has 0 aliphatic carbocycles. The fraction of sp³-hybridized carbons (Fsp3) is 0.455. The van der Waals surface area contributed by atoms with Crippen LogP contribution in [0, 0.1) is 0 Å².